The van der Waals surface area contributed by atoms with Crippen LogP contribution >= 0.6 is 0 Å². The second-order valence-electron chi connectivity index (χ2n) is 4.93. The molecule has 8 nitrogen and oxygen atoms in total. The van der Waals surface area contributed by atoms with Gasteiger partial charge < -0.3 is 0 Å². The highest BCUT2D eigenvalue weighted by atomic mass is 16.6. The summed E-state index contributed by atoms with van der Waals surface area (Å²) in [5.74, 6) is 0. The fourth-order valence-electron chi connectivity index (χ4n) is 2.36. The maximum absolute atomic E-state index is 10.8. The predicted molar refractivity (Wildman–Crippen MR) is 82.2 cm³/mol. The average Bonchev–Trinajstić information content (AvgIpc) is 3.23. The molecule has 8 heteroatoms. The summed E-state index contributed by atoms with van der Waals surface area (Å²) in [7, 11) is 0. The highest BCUT2D eigenvalue weighted by Gasteiger charge is 2.09. The summed E-state index contributed by atoms with van der Waals surface area (Å²) >= 11 is 0. The number of fused-ring (bicyclic) bond motifs is 1. The number of benzene rings is 1. The zero-order valence-electron chi connectivity index (χ0n) is 11.8. The number of hydrogen-bond acceptors (Lipinski definition) is 5. The number of nitro groups is 1. The maximum atomic E-state index is 10.8. The van der Waals surface area contributed by atoms with Crippen molar-refractivity contribution in [1.82, 2.24) is 24.4 Å². The summed E-state index contributed by atoms with van der Waals surface area (Å²) in [6, 6.07) is 10.7. The van der Waals surface area contributed by atoms with Gasteiger partial charge in [-0.05, 0) is 18.2 Å². The topological polar surface area (TPSA) is 91.1 Å². The van der Waals surface area contributed by atoms with Crippen LogP contribution in [0.15, 0.2) is 61.2 Å². The van der Waals surface area contributed by atoms with Crippen molar-refractivity contribution in [2.75, 3.05) is 0 Å². The van der Waals surface area contributed by atoms with Crippen molar-refractivity contribution >= 4 is 11.3 Å². The molecule has 0 aliphatic rings. The van der Waals surface area contributed by atoms with Crippen LogP contribution in [-0.2, 0) is 0 Å². The molecule has 4 aromatic rings. The summed E-state index contributed by atoms with van der Waals surface area (Å²) in [6.45, 7) is 0. The van der Waals surface area contributed by atoms with Crippen LogP contribution in [0, 0.1) is 10.1 Å². The highest BCUT2D eigenvalue weighted by Crippen LogP contribution is 2.22. The SMILES string of the molecule is O=[N+]([O-])c1ccc2nc(-c3ccc(-n4ccnn4)cc3)cn2c1. The Hall–Kier alpha value is -3.55. The molecule has 0 unspecified atom stereocenters. The van der Waals surface area contributed by atoms with Gasteiger partial charge in [-0.25, -0.2) is 9.67 Å². The van der Waals surface area contributed by atoms with Gasteiger partial charge in [0.25, 0.3) is 5.69 Å². The second kappa shape index (κ2) is 5.02. The van der Waals surface area contributed by atoms with Crippen molar-refractivity contribution in [2.45, 2.75) is 0 Å². The molecule has 0 radical (unpaired) electrons. The summed E-state index contributed by atoms with van der Waals surface area (Å²) in [5.41, 5.74) is 3.25. The van der Waals surface area contributed by atoms with Crippen LogP contribution in [0.25, 0.3) is 22.6 Å². The van der Waals surface area contributed by atoms with Gasteiger partial charge in [0.1, 0.15) is 5.65 Å². The van der Waals surface area contributed by atoms with Gasteiger partial charge in [0.05, 0.1) is 34.9 Å². The van der Waals surface area contributed by atoms with Crippen molar-refractivity contribution in [2.24, 2.45) is 0 Å². The first-order valence-electron chi connectivity index (χ1n) is 6.81. The van der Waals surface area contributed by atoms with Gasteiger partial charge in [-0.3, -0.25) is 14.5 Å². The fraction of sp³-hybridized carbons (Fsp3) is 0. The van der Waals surface area contributed by atoms with Crippen LogP contribution in [-0.4, -0.2) is 29.3 Å². The normalized spacial score (nSPS) is 11.0. The number of hydrogen-bond donors (Lipinski definition) is 0. The molecule has 0 saturated carbocycles. The third-order valence-electron chi connectivity index (χ3n) is 3.50. The van der Waals surface area contributed by atoms with E-state index in [2.05, 4.69) is 15.3 Å². The standard InChI is InChI=1S/C15H10N6O2/c22-21(23)13-5-6-15-17-14(10-19(15)9-13)11-1-3-12(4-2-11)20-8-7-16-18-20/h1-10H. The van der Waals surface area contributed by atoms with Gasteiger partial charge in [0, 0.05) is 17.8 Å². The van der Waals surface area contributed by atoms with Gasteiger partial charge in [-0.1, -0.05) is 17.3 Å². The number of imidazole rings is 1. The van der Waals surface area contributed by atoms with Crippen molar-refractivity contribution in [3.05, 3.63) is 71.3 Å². The zero-order chi connectivity index (χ0) is 15.8. The van der Waals surface area contributed by atoms with E-state index in [1.807, 2.05) is 24.3 Å². The summed E-state index contributed by atoms with van der Waals surface area (Å²) in [4.78, 5) is 14.9. The van der Waals surface area contributed by atoms with Crippen LogP contribution in [0.5, 0.6) is 0 Å². The molecule has 0 atom stereocenters. The molecule has 0 amide bonds. The van der Waals surface area contributed by atoms with Crippen LogP contribution < -0.4 is 0 Å². The first-order valence-corrected chi connectivity index (χ1v) is 6.81. The number of rotatable bonds is 3. The highest BCUT2D eigenvalue weighted by molar-refractivity contribution is 5.64. The van der Waals surface area contributed by atoms with E-state index in [9.17, 15) is 10.1 Å². The van der Waals surface area contributed by atoms with E-state index in [4.69, 9.17) is 0 Å². The van der Waals surface area contributed by atoms with E-state index in [0.29, 0.717) is 5.65 Å². The number of aromatic nitrogens is 5. The van der Waals surface area contributed by atoms with Crippen LogP contribution in [0.1, 0.15) is 0 Å². The molecule has 23 heavy (non-hydrogen) atoms. The average molecular weight is 306 g/mol. The van der Waals surface area contributed by atoms with E-state index < -0.39 is 4.92 Å². The molecule has 0 aliphatic carbocycles. The van der Waals surface area contributed by atoms with Crippen molar-refractivity contribution in [3.63, 3.8) is 0 Å². The fourth-order valence-corrected chi connectivity index (χ4v) is 2.36. The van der Waals surface area contributed by atoms with Crippen molar-refractivity contribution in [1.29, 1.82) is 0 Å². The lowest BCUT2D eigenvalue weighted by molar-refractivity contribution is -0.385. The van der Waals surface area contributed by atoms with E-state index >= 15 is 0 Å². The van der Waals surface area contributed by atoms with Gasteiger partial charge in [0.2, 0.25) is 0 Å². The minimum absolute atomic E-state index is 0.0305. The van der Waals surface area contributed by atoms with Gasteiger partial charge in [-0.15, -0.1) is 5.10 Å². The zero-order valence-corrected chi connectivity index (χ0v) is 11.8. The Morgan fingerprint density at radius 3 is 2.57 bits per heavy atom. The lowest BCUT2D eigenvalue weighted by Crippen LogP contribution is -1.94. The lowest BCUT2D eigenvalue weighted by Gasteiger charge is -2.01. The van der Waals surface area contributed by atoms with Gasteiger partial charge in [-0.2, -0.15) is 0 Å². The quantitative estimate of drug-likeness (QED) is 0.428. The molecule has 3 heterocycles. The summed E-state index contributed by atoms with van der Waals surface area (Å²) in [6.07, 6.45) is 6.60. The number of nitrogens with zero attached hydrogens (tertiary/aromatic N) is 6. The predicted octanol–water partition coefficient (Wildman–Crippen LogP) is 2.49. The molecular formula is C15H10N6O2. The summed E-state index contributed by atoms with van der Waals surface area (Å²) < 4.78 is 3.32. The second-order valence-corrected chi connectivity index (χ2v) is 4.93. The first kappa shape index (κ1) is 13.1. The minimum atomic E-state index is -0.425. The monoisotopic (exact) mass is 306 g/mol. The Labute approximate surface area is 129 Å². The molecule has 0 spiro atoms. The molecule has 4 rings (SSSR count). The summed E-state index contributed by atoms with van der Waals surface area (Å²) in [5, 5.41) is 18.5. The Bertz CT molecular complexity index is 989. The smallest absolute Gasteiger partial charge is 0.286 e. The molecule has 0 fully saturated rings. The largest absolute Gasteiger partial charge is 0.300 e. The van der Waals surface area contributed by atoms with Crippen molar-refractivity contribution in [3.8, 4) is 16.9 Å². The Kier molecular flexibility index (Phi) is 2.87. The first-order chi connectivity index (χ1) is 11.2. The molecule has 112 valence electrons. The minimum Gasteiger partial charge on any atom is -0.300 e. The van der Waals surface area contributed by atoms with Crippen LogP contribution in [0.2, 0.25) is 0 Å². The molecule has 0 bridgehead atoms. The van der Waals surface area contributed by atoms with Crippen LogP contribution in [0.4, 0.5) is 5.69 Å². The molecule has 0 aliphatic heterocycles. The molecular weight excluding hydrogens is 296 g/mol. The maximum Gasteiger partial charge on any atom is 0.286 e. The van der Waals surface area contributed by atoms with E-state index in [0.717, 1.165) is 16.9 Å². The van der Waals surface area contributed by atoms with Gasteiger partial charge >= 0.3 is 0 Å². The lowest BCUT2D eigenvalue weighted by atomic mass is 10.1. The van der Waals surface area contributed by atoms with Gasteiger partial charge in [0.15, 0.2) is 0 Å². The third kappa shape index (κ3) is 2.31. The molecule has 1 aromatic carbocycles. The Morgan fingerprint density at radius 2 is 1.87 bits per heavy atom. The third-order valence-corrected chi connectivity index (χ3v) is 3.50. The van der Waals surface area contributed by atoms with E-state index in [1.165, 1.54) is 12.3 Å². The molecule has 3 aromatic heterocycles. The van der Waals surface area contributed by atoms with E-state index in [1.54, 1.807) is 33.7 Å². The Balaban J connectivity index is 1.72. The molecule has 0 N–H and O–H groups in total. The van der Waals surface area contributed by atoms with Crippen LogP contribution in [0.3, 0.4) is 0 Å². The van der Waals surface area contributed by atoms with Crippen molar-refractivity contribution < 1.29 is 4.92 Å². The van der Waals surface area contributed by atoms with E-state index in [-0.39, 0.29) is 5.69 Å². The number of pyridine rings is 1. The Morgan fingerprint density at radius 1 is 1.04 bits per heavy atom. The molecule has 0 saturated heterocycles.